The predicted molar refractivity (Wildman–Crippen MR) is 162 cm³/mol. The van der Waals surface area contributed by atoms with Gasteiger partial charge in [-0.1, -0.05) is 104 Å². The standard InChI is InChI=1S/C36H26N4/c1-2-32-37-30-19-11-16-27-33(23-12-5-3-6-13-23)26-21-20-25(22-31(26)40(32)36(27)30)35-34(24-14-7-4-8-15-24)38-28-17-9-10-18-29(28)39-35/h3-22,33H,2H2,1H3. The van der Waals surface area contributed by atoms with Crippen molar-refractivity contribution in [2.45, 2.75) is 19.3 Å². The van der Waals surface area contributed by atoms with Crippen LogP contribution >= 0.6 is 0 Å². The quantitative estimate of drug-likeness (QED) is 0.237. The number of aromatic nitrogens is 4. The van der Waals surface area contributed by atoms with Crippen LogP contribution in [0.5, 0.6) is 0 Å². The second-order valence-corrected chi connectivity index (χ2v) is 10.3. The molecule has 0 fully saturated rings. The maximum atomic E-state index is 5.18. The summed E-state index contributed by atoms with van der Waals surface area (Å²) >= 11 is 0. The van der Waals surface area contributed by atoms with Gasteiger partial charge in [-0.15, -0.1) is 0 Å². The number of nitrogens with zero attached hydrogens (tertiary/aromatic N) is 4. The third-order valence-electron chi connectivity index (χ3n) is 8.01. The van der Waals surface area contributed by atoms with Crippen molar-refractivity contribution in [3.63, 3.8) is 0 Å². The van der Waals surface area contributed by atoms with E-state index >= 15 is 0 Å². The summed E-state index contributed by atoms with van der Waals surface area (Å²) < 4.78 is 2.37. The molecule has 3 heterocycles. The number of para-hydroxylation sites is 3. The zero-order chi connectivity index (χ0) is 26.6. The predicted octanol–water partition coefficient (Wildman–Crippen LogP) is 8.36. The Morgan fingerprint density at radius 3 is 1.95 bits per heavy atom. The Bertz CT molecular complexity index is 2040. The molecule has 0 amide bonds. The van der Waals surface area contributed by atoms with Crippen molar-refractivity contribution in [3.05, 3.63) is 144 Å². The van der Waals surface area contributed by atoms with Gasteiger partial charge in [0.25, 0.3) is 0 Å². The number of fused-ring (bicyclic) bond motifs is 3. The molecule has 5 aromatic carbocycles. The van der Waals surface area contributed by atoms with E-state index in [1.54, 1.807) is 0 Å². The highest BCUT2D eigenvalue weighted by Gasteiger charge is 2.31. The SMILES string of the molecule is CCc1nc2cccc3c2n1-c1cc(-c2nc4ccccc4nc2-c2ccccc2)ccc1C3c1ccccc1. The minimum absolute atomic E-state index is 0.124. The molecule has 190 valence electrons. The van der Waals surface area contributed by atoms with E-state index in [1.807, 2.05) is 30.3 Å². The molecular weight excluding hydrogens is 488 g/mol. The summed E-state index contributed by atoms with van der Waals surface area (Å²) in [4.78, 5) is 15.4. The van der Waals surface area contributed by atoms with Crippen LogP contribution in [0.3, 0.4) is 0 Å². The minimum atomic E-state index is 0.124. The second-order valence-electron chi connectivity index (χ2n) is 10.3. The Morgan fingerprint density at radius 1 is 0.575 bits per heavy atom. The van der Waals surface area contributed by atoms with Gasteiger partial charge in [0.15, 0.2) is 0 Å². The lowest BCUT2D eigenvalue weighted by molar-refractivity contribution is 0.853. The molecule has 0 saturated carbocycles. The monoisotopic (exact) mass is 514 g/mol. The summed E-state index contributed by atoms with van der Waals surface area (Å²) in [7, 11) is 0. The average molecular weight is 515 g/mol. The fraction of sp³-hybridized carbons (Fsp3) is 0.0833. The minimum Gasteiger partial charge on any atom is -0.296 e. The Kier molecular flexibility index (Phi) is 5.14. The van der Waals surface area contributed by atoms with Gasteiger partial charge in [-0.05, 0) is 41.0 Å². The van der Waals surface area contributed by atoms with Crippen LogP contribution in [0.2, 0.25) is 0 Å². The molecule has 4 heteroatoms. The maximum Gasteiger partial charge on any atom is 0.114 e. The van der Waals surface area contributed by atoms with Crippen molar-refractivity contribution in [1.82, 2.24) is 19.5 Å². The van der Waals surface area contributed by atoms with Crippen LogP contribution in [-0.4, -0.2) is 19.5 Å². The number of imidazole rings is 1. The molecular formula is C36H26N4. The molecule has 1 aliphatic heterocycles. The first-order valence-corrected chi connectivity index (χ1v) is 13.8. The second kappa shape index (κ2) is 8.99. The van der Waals surface area contributed by atoms with Crippen molar-refractivity contribution in [3.8, 4) is 28.2 Å². The number of benzene rings is 5. The van der Waals surface area contributed by atoms with Gasteiger partial charge in [0.05, 0.1) is 39.1 Å². The Hall–Kier alpha value is -5.09. The molecule has 7 aromatic rings. The zero-order valence-electron chi connectivity index (χ0n) is 22.1. The fourth-order valence-corrected chi connectivity index (χ4v) is 6.23. The number of hydrogen-bond donors (Lipinski definition) is 0. The van der Waals surface area contributed by atoms with Gasteiger partial charge in [-0.3, -0.25) is 4.57 Å². The van der Waals surface area contributed by atoms with Crippen molar-refractivity contribution >= 4 is 22.1 Å². The van der Waals surface area contributed by atoms with Crippen LogP contribution in [0.15, 0.2) is 121 Å². The molecule has 1 aliphatic rings. The highest BCUT2D eigenvalue weighted by atomic mass is 15.1. The molecule has 0 saturated heterocycles. The Balaban J connectivity index is 1.43. The van der Waals surface area contributed by atoms with Crippen LogP contribution in [0, 0.1) is 0 Å². The Morgan fingerprint density at radius 2 is 1.23 bits per heavy atom. The van der Waals surface area contributed by atoms with Gasteiger partial charge >= 0.3 is 0 Å². The lowest BCUT2D eigenvalue weighted by Crippen LogP contribution is -2.16. The van der Waals surface area contributed by atoms with E-state index in [1.165, 1.54) is 27.9 Å². The van der Waals surface area contributed by atoms with E-state index in [9.17, 15) is 0 Å². The summed E-state index contributed by atoms with van der Waals surface area (Å²) in [6, 6.07) is 42.6. The van der Waals surface area contributed by atoms with Crippen LogP contribution in [-0.2, 0) is 6.42 Å². The first kappa shape index (κ1) is 22.9. The molecule has 0 aliphatic carbocycles. The molecule has 2 aromatic heterocycles. The molecule has 40 heavy (non-hydrogen) atoms. The number of hydrogen-bond acceptors (Lipinski definition) is 3. The molecule has 8 rings (SSSR count). The smallest absolute Gasteiger partial charge is 0.114 e. The van der Waals surface area contributed by atoms with E-state index in [4.69, 9.17) is 15.0 Å². The van der Waals surface area contributed by atoms with Crippen molar-refractivity contribution in [2.75, 3.05) is 0 Å². The van der Waals surface area contributed by atoms with Gasteiger partial charge in [0.2, 0.25) is 0 Å². The van der Waals surface area contributed by atoms with Gasteiger partial charge in [0, 0.05) is 23.5 Å². The van der Waals surface area contributed by atoms with E-state index < -0.39 is 0 Å². The lowest BCUT2D eigenvalue weighted by atomic mass is 9.81. The summed E-state index contributed by atoms with van der Waals surface area (Å²) in [6.45, 7) is 2.18. The van der Waals surface area contributed by atoms with Crippen molar-refractivity contribution in [1.29, 1.82) is 0 Å². The largest absolute Gasteiger partial charge is 0.296 e. The highest BCUT2D eigenvalue weighted by molar-refractivity contribution is 5.90. The average Bonchev–Trinajstić information content (AvgIpc) is 3.41. The first-order valence-electron chi connectivity index (χ1n) is 13.8. The zero-order valence-corrected chi connectivity index (χ0v) is 22.1. The maximum absolute atomic E-state index is 5.18. The molecule has 0 radical (unpaired) electrons. The van der Waals surface area contributed by atoms with Crippen LogP contribution in [0.4, 0.5) is 0 Å². The Labute approximate surface area is 232 Å². The van der Waals surface area contributed by atoms with Crippen LogP contribution in [0.25, 0.3) is 50.3 Å². The third-order valence-corrected chi connectivity index (χ3v) is 8.01. The molecule has 1 unspecified atom stereocenters. The molecule has 0 bridgehead atoms. The summed E-state index contributed by atoms with van der Waals surface area (Å²) in [5.41, 5.74) is 12.9. The molecule has 4 nitrogen and oxygen atoms in total. The van der Waals surface area contributed by atoms with Crippen LogP contribution in [0.1, 0.15) is 35.4 Å². The topological polar surface area (TPSA) is 43.6 Å². The fourth-order valence-electron chi connectivity index (χ4n) is 6.23. The lowest BCUT2D eigenvalue weighted by Gasteiger charge is -2.29. The molecule has 0 N–H and O–H groups in total. The van der Waals surface area contributed by atoms with Gasteiger partial charge in [-0.2, -0.15) is 0 Å². The van der Waals surface area contributed by atoms with Crippen molar-refractivity contribution < 1.29 is 0 Å². The summed E-state index contributed by atoms with van der Waals surface area (Å²) in [6.07, 6.45) is 0.846. The highest BCUT2D eigenvalue weighted by Crippen LogP contribution is 2.45. The van der Waals surface area contributed by atoms with Crippen LogP contribution < -0.4 is 0 Å². The summed E-state index contributed by atoms with van der Waals surface area (Å²) in [5.74, 6) is 1.19. The summed E-state index contributed by atoms with van der Waals surface area (Å²) in [5, 5.41) is 0. The molecule has 0 spiro atoms. The molecule has 1 atom stereocenters. The van der Waals surface area contributed by atoms with E-state index in [0.717, 1.165) is 51.3 Å². The van der Waals surface area contributed by atoms with E-state index in [-0.39, 0.29) is 5.92 Å². The van der Waals surface area contributed by atoms with Gasteiger partial charge in [0.1, 0.15) is 5.82 Å². The van der Waals surface area contributed by atoms with Gasteiger partial charge in [-0.25, -0.2) is 15.0 Å². The van der Waals surface area contributed by atoms with E-state index in [0.29, 0.717) is 0 Å². The van der Waals surface area contributed by atoms with Crippen molar-refractivity contribution in [2.24, 2.45) is 0 Å². The van der Waals surface area contributed by atoms with Gasteiger partial charge < -0.3 is 0 Å². The third kappa shape index (κ3) is 3.43. The number of aryl methyl sites for hydroxylation is 1. The normalized spacial score (nSPS) is 14.0. The first-order chi connectivity index (χ1) is 19.8. The van der Waals surface area contributed by atoms with E-state index in [2.05, 4.69) is 102 Å². The number of rotatable bonds is 4.